The Bertz CT molecular complexity index is 688. The maximum absolute atomic E-state index is 9.36. The van der Waals surface area contributed by atoms with Crippen LogP contribution in [0, 0.1) is 11.3 Å². The van der Waals surface area contributed by atoms with Crippen molar-refractivity contribution < 1.29 is 0 Å². The summed E-state index contributed by atoms with van der Waals surface area (Å²) >= 11 is 0. The Morgan fingerprint density at radius 2 is 1.74 bits per heavy atom. The van der Waals surface area contributed by atoms with Crippen LogP contribution < -0.4 is 4.90 Å². The number of hydrogen-bond donors (Lipinski definition) is 0. The maximum atomic E-state index is 9.36. The first-order valence-electron chi connectivity index (χ1n) is 8.25. The summed E-state index contributed by atoms with van der Waals surface area (Å²) in [7, 11) is 0. The van der Waals surface area contributed by atoms with Crippen molar-refractivity contribution in [3.05, 3.63) is 59.9 Å². The van der Waals surface area contributed by atoms with Gasteiger partial charge in [-0.2, -0.15) is 5.26 Å². The molecule has 0 unspecified atom stereocenters. The predicted molar refractivity (Wildman–Crippen MR) is 94.8 cm³/mol. The van der Waals surface area contributed by atoms with E-state index in [1.165, 1.54) is 31.4 Å². The topological polar surface area (TPSA) is 39.9 Å². The van der Waals surface area contributed by atoms with Gasteiger partial charge in [0.1, 0.15) is 6.07 Å². The molecule has 0 spiro atoms. The van der Waals surface area contributed by atoms with Crippen LogP contribution in [-0.4, -0.2) is 18.1 Å². The molecule has 0 radical (unpaired) electrons. The highest BCUT2D eigenvalue weighted by Crippen LogP contribution is 2.22. The number of nitrogens with zero attached hydrogens (tertiary/aromatic N) is 3. The first-order chi connectivity index (χ1) is 11.4. The number of nitriles is 1. The molecule has 2 aromatic rings. The molecule has 1 aliphatic rings. The van der Waals surface area contributed by atoms with E-state index in [1.807, 2.05) is 24.3 Å². The maximum Gasteiger partial charge on any atom is 0.101 e. The zero-order chi connectivity index (χ0) is 15.9. The minimum Gasteiger partial charge on any atom is -0.372 e. The average Bonchev–Trinajstić information content (AvgIpc) is 2.90. The summed E-state index contributed by atoms with van der Waals surface area (Å²) in [4.78, 5) is 6.71. The Morgan fingerprint density at radius 1 is 1.00 bits per heavy atom. The molecule has 23 heavy (non-hydrogen) atoms. The van der Waals surface area contributed by atoms with Crippen LogP contribution >= 0.6 is 0 Å². The highest BCUT2D eigenvalue weighted by Gasteiger charge is 2.09. The third-order valence-electron chi connectivity index (χ3n) is 4.24. The van der Waals surface area contributed by atoms with E-state index in [-0.39, 0.29) is 0 Å². The number of anilines is 1. The SMILES string of the molecule is N#CC(=Cc1ccc(N2CCCCCC2)cc1)c1ccccn1. The highest BCUT2D eigenvalue weighted by molar-refractivity contribution is 5.88. The molecule has 0 aliphatic carbocycles. The minimum absolute atomic E-state index is 0.591. The molecule has 1 saturated heterocycles. The van der Waals surface area contributed by atoms with Gasteiger partial charge in [-0.1, -0.05) is 31.0 Å². The fraction of sp³-hybridized carbons (Fsp3) is 0.300. The van der Waals surface area contributed by atoms with Crippen molar-refractivity contribution in [3.8, 4) is 6.07 Å². The van der Waals surface area contributed by atoms with Crippen molar-refractivity contribution in [2.75, 3.05) is 18.0 Å². The first kappa shape index (κ1) is 15.3. The molecule has 0 N–H and O–H groups in total. The van der Waals surface area contributed by atoms with Gasteiger partial charge in [-0.3, -0.25) is 4.98 Å². The molecule has 3 nitrogen and oxygen atoms in total. The Labute approximate surface area is 137 Å². The number of benzene rings is 1. The summed E-state index contributed by atoms with van der Waals surface area (Å²) in [5.74, 6) is 0. The van der Waals surface area contributed by atoms with E-state index >= 15 is 0 Å². The lowest BCUT2D eigenvalue weighted by molar-refractivity contribution is 0.726. The number of pyridine rings is 1. The summed E-state index contributed by atoms with van der Waals surface area (Å²) < 4.78 is 0. The minimum atomic E-state index is 0.591. The molecule has 3 heteroatoms. The van der Waals surface area contributed by atoms with Crippen molar-refractivity contribution >= 4 is 17.3 Å². The molecule has 0 amide bonds. The number of hydrogen-bond acceptors (Lipinski definition) is 3. The normalized spacial score (nSPS) is 15.8. The van der Waals surface area contributed by atoms with Crippen LogP contribution in [0.1, 0.15) is 36.9 Å². The summed E-state index contributed by atoms with van der Waals surface area (Å²) in [6, 6.07) is 16.3. The van der Waals surface area contributed by atoms with Gasteiger partial charge in [-0.15, -0.1) is 0 Å². The molecular weight excluding hydrogens is 282 g/mol. The van der Waals surface area contributed by atoms with Gasteiger partial charge < -0.3 is 4.90 Å². The lowest BCUT2D eigenvalue weighted by Crippen LogP contribution is -2.23. The van der Waals surface area contributed by atoms with Gasteiger partial charge >= 0.3 is 0 Å². The van der Waals surface area contributed by atoms with Crippen LogP contribution in [0.25, 0.3) is 11.6 Å². The Hall–Kier alpha value is -2.60. The molecule has 2 heterocycles. The van der Waals surface area contributed by atoms with Gasteiger partial charge in [0.15, 0.2) is 0 Å². The standard InChI is InChI=1S/C20H21N3/c21-16-18(20-7-3-4-12-22-20)15-17-8-10-19(11-9-17)23-13-5-1-2-6-14-23/h3-4,7-12,15H,1-2,5-6,13-14H2. The van der Waals surface area contributed by atoms with Crippen LogP contribution in [0.2, 0.25) is 0 Å². The lowest BCUT2D eigenvalue weighted by Gasteiger charge is -2.22. The molecule has 1 aromatic heterocycles. The van der Waals surface area contributed by atoms with Gasteiger partial charge in [0.25, 0.3) is 0 Å². The fourth-order valence-corrected chi connectivity index (χ4v) is 2.96. The smallest absolute Gasteiger partial charge is 0.101 e. The lowest BCUT2D eigenvalue weighted by atomic mass is 10.1. The van der Waals surface area contributed by atoms with E-state index in [1.54, 1.807) is 6.20 Å². The van der Waals surface area contributed by atoms with E-state index in [0.717, 1.165) is 18.7 Å². The summed E-state index contributed by atoms with van der Waals surface area (Å²) in [6.45, 7) is 2.29. The van der Waals surface area contributed by atoms with Crippen molar-refractivity contribution in [1.29, 1.82) is 5.26 Å². The molecule has 3 rings (SSSR count). The van der Waals surface area contributed by atoms with Gasteiger partial charge in [0.05, 0.1) is 11.3 Å². The number of allylic oxidation sites excluding steroid dienone is 1. The van der Waals surface area contributed by atoms with Crippen molar-refractivity contribution in [2.45, 2.75) is 25.7 Å². The molecule has 0 atom stereocenters. The molecule has 116 valence electrons. The van der Waals surface area contributed by atoms with Crippen molar-refractivity contribution in [3.63, 3.8) is 0 Å². The van der Waals surface area contributed by atoms with Crippen LogP contribution in [0.3, 0.4) is 0 Å². The molecule has 0 bridgehead atoms. The summed E-state index contributed by atoms with van der Waals surface area (Å²) in [6.07, 6.45) is 8.84. The second-order valence-corrected chi connectivity index (χ2v) is 5.88. The third-order valence-corrected chi connectivity index (χ3v) is 4.24. The second kappa shape index (κ2) is 7.60. The van der Waals surface area contributed by atoms with Gasteiger partial charge in [0.2, 0.25) is 0 Å². The monoisotopic (exact) mass is 303 g/mol. The van der Waals surface area contributed by atoms with E-state index in [4.69, 9.17) is 0 Å². The van der Waals surface area contributed by atoms with Crippen LogP contribution in [0.4, 0.5) is 5.69 Å². The molecule has 0 saturated carbocycles. The quantitative estimate of drug-likeness (QED) is 0.782. The zero-order valence-corrected chi connectivity index (χ0v) is 13.3. The van der Waals surface area contributed by atoms with Crippen LogP contribution in [0.5, 0.6) is 0 Å². The summed E-state index contributed by atoms with van der Waals surface area (Å²) in [5.41, 5.74) is 3.62. The van der Waals surface area contributed by atoms with Crippen LogP contribution in [-0.2, 0) is 0 Å². The number of rotatable bonds is 3. The zero-order valence-electron chi connectivity index (χ0n) is 13.3. The molecule has 1 aromatic carbocycles. The van der Waals surface area contributed by atoms with Gasteiger partial charge in [-0.25, -0.2) is 0 Å². The van der Waals surface area contributed by atoms with Gasteiger partial charge in [0, 0.05) is 25.0 Å². The molecule has 1 fully saturated rings. The van der Waals surface area contributed by atoms with Crippen LogP contribution in [0.15, 0.2) is 48.7 Å². The van der Waals surface area contributed by atoms with Crippen molar-refractivity contribution in [2.24, 2.45) is 0 Å². The van der Waals surface area contributed by atoms with E-state index in [9.17, 15) is 5.26 Å². The predicted octanol–water partition coefficient (Wildman–Crippen LogP) is 4.53. The average molecular weight is 303 g/mol. The highest BCUT2D eigenvalue weighted by atomic mass is 15.1. The summed E-state index contributed by atoms with van der Waals surface area (Å²) in [5, 5.41) is 9.36. The number of aromatic nitrogens is 1. The largest absolute Gasteiger partial charge is 0.372 e. The van der Waals surface area contributed by atoms with E-state index in [0.29, 0.717) is 11.3 Å². The Morgan fingerprint density at radius 3 is 2.35 bits per heavy atom. The molecular formula is C20H21N3. The van der Waals surface area contributed by atoms with Gasteiger partial charge in [-0.05, 0) is 48.7 Å². The first-order valence-corrected chi connectivity index (χ1v) is 8.25. The van der Waals surface area contributed by atoms with Crippen molar-refractivity contribution in [1.82, 2.24) is 4.98 Å². The van der Waals surface area contributed by atoms with E-state index in [2.05, 4.69) is 40.2 Å². The Kier molecular flexibility index (Phi) is 5.06. The third kappa shape index (κ3) is 3.98. The fourth-order valence-electron chi connectivity index (χ4n) is 2.96. The Balaban J connectivity index is 1.79. The van der Waals surface area contributed by atoms with E-state index < -0.39 is 0 Å². The second-order valence-electron chi connectivity index (χ2n) is 5.88. The molecule has 1 aliphatic heterocycles.